The van der Waals surface area contributed by atoms with Gasteiger partial charge in [0.2, 0.25) is 0 Å². The zero-order valence-electron chi connectivity index (χ0n) is 7.65. The number of benzene rings is 1. The summed E-state index contributed by atoms with van der Waals surface area (Å²) in [6.45, 7) is -5.23. The van der Waals surface area contributed by atoms with Crippen molar-refractivity contribution in [3.05, 3.63) is 29.8 Å². The topological polar surface area (TPSA) is 0 Å². The van der Waals surface area contributed by atoms with Crippen LogP contribution in [0.2, 0.25) is 0 Å². The fourth-order valence-electron chi connectivity index (χ4n) is 0.890. The van der Waals surface area contributed by atoms with Gasteiger partial charge in [0.05, 0.1) is 5.56 Å². The van der Waals surface area contributed by atoms with Crippen LogP contribution in [0, 0.1) is 0 Å². The van der Waals surface area contributed by atoms with E-state index in [0.717, 1.165) is 0 Å². The van der Waals surface area contributed by atoms with Crippen molar-refractivity contribution >= 4 is 12.4 Å². The van der Waals surface area contributed by atoms with Gasteiger partial charge in [-0.1, -0.05) is 24.3 Å². The summed E-state index contributed by atoms with van der Waals surface area (Å²) >= 11 is 0. The number of alkyl halides is 3. The molecule has 0 saturated carbocycles. The predicted octanol–water partition coefficient (Wildman–Crippen LogP) is -0.236. The summed E-state index contributed by atoms with van der Waals surface area (Å²) < 4.78 is 71.8. The van der Waals surface area contributed by atoms with Crippen LogP contribution in [0.25, 0.3) is 0 Å². The van der Waals surface area contributed by atoms with Gasteiger partial charge < -0.3 is 12.9 Å². The van der Waals surface area contributed by atoms with Crippen LogP contribution in [-0.4, -0.2) is 6.98 Å². The molecule has 0 saturated heterocycles. The van der Waals surface area contributed by atoms with E-state index in [9.17, 15) is 26.1 Å². The third-order valence-electron chi connectivity index (χ3n) is 1.62. The van der Waals surface area contributed by atoms with Gasteiger partial charge in [-0.3, -0.25) is 0 Å². The molecule has 1 aromatic carbocycles. The second kappa shape index (κ2) is 5.22. The first-order chi connectivity index (χ1) is 6.21. The zero-order valence-corrected chi connectivity index (χ0v) is 10.8. The summed E-state index contributed by atoms with van der Waals surface area (Å²) in [6, 6.07) is 1.71. The van der Waals surface area contributed by atoms with E-state index in [4.69, 9.17) is 0 Å². The largest absolute Gasteiger partial charge is 1.00 e. The van der Waals surface area contributed by atoms with Crippen LogP contribution in [-0.2, 0) is 6.18 Å². The smallest absolute Gasteiger partial charge is 0.445 e. The minimum atomic E-state index is -5.23. The van der Waals surface area contributed by atoms with Gasteiger partial charge in [-0.2, -0.15) is 13.2 Å². The van der Waals surface area contributed by atoms with Gasteiger partial charge in [-0.05, 0) is 0 Å². The van der Waals surface area contributed by atoms with Gasteiger partial charge in [0.15, 0.2) is 0 Å². The van der Waals surface area contributed by atoms with E-state index in [1.54, 1.807) is 0 Å². The quantitative estimate of drug-likeness (QED) is 0.478. The van der Waals surface area contributed by atoms with Gasteiger partial charge in [-0.15, -0.1) is 5.46 Å². The van der Waals surface area contributed by atoms with E-state index < -0.39 is 24.2 Å². The molecule has 0 radical (unpaired) electrons. The minimum Gasteiger partial charge on any atom is -0.445 e. The van der Waals surface area contributed by atoms with Crippen LogP contribution < -0.4 is 56.8 Å². The summed E-state index contributed by atoms with van der Waals surface area (Å²) in [5.41, 5.74) is -2.11. The molecule has 15 heavy (non-hydrogen) atoms. The normalized spacial score (nSPS) is 12.1. The standard InChI is InChI=1S/C7H4BF6.K/c9-7(10,11)5-1-3-6(4-2-5)8(12,13)14;/h1-4H;/q-1;+1. The first-order valence-electron chi connectivity index (χ1n) is 3.58. The first-order valence-corrected chi connectivity index (χ1v) is 3.58. The minimum absolute atomic E-state index is 0. The van der Waals surface area contributed by atoms with Gasteiger partial charge in [0.1, 0.15) is 0 Å². The second-order valence-electron chi connectivity index (χ2n) is 2.69. The fourth-order valence-corrected chi connectivity index (χ4v) is 0.890. The average Bonchev–Trinajstić information content (AvgIpc) is 2.01. The Morgan fingerprint density at radius 3 is 1.53 bits per heavy atom. The SMILES string of the molecule is F[B-](F)(F)c1ccc(C(F)(F)F)cc1.[K+]. The predicted molar refractivity (Wildman–Crippen MR) is 40.2 cm³/mol. The van der Waals surface area contributed by atoms with Crippen LogP contribution in [0.5, 0.6) is 0 Å². The van der Waals surface area contributed by atoms with E-state index in [2.05, 4.69) is 0 Å². The molecule has 0 heterocycles. The van der Waals surface area contributed by atoms with E-state index in [0.29, 0.717) is 24.3 Å². The van der Waals surface area contributed by atoms with Crippen molar-refractivity contribution in [2.75, 3.05) is 0 Å². The van der Waals surface area contributed by atoms with Crippen LogP contribution in [0.4, 0.5) is 26.1 Å². The Balaban J connectivity index is 0.00000196. The summed E-state index contributed by atoms with van der Waals surface area (Å²) in [5.74, 6) is 0. The molecule has 1 aromatic rings. The van der Waals surface area contributed by atoms with Crippen LogP contribution >= 0.6 is 0 Å². The Morgan fingerprint density at radius 2 is 1.27 bits per heavy atom. The zero-order chi connectivity index (χ0) is 11.0. The average molecular weight is 252 g/mol. The van der Waals surface area contributed by atoms with Crippen LogP contribution in [0.1, 0.15) is 5.56 Å². The van der Waals surface area contributed by atoms with Gasteiger partial charge in [0, 0.05) is 0 Å². The van der Waals surface area contributed by atoms with Crippen molar-refractivity contribution in [1.29, 1.82) is 0 Å². The summed E-state index contributed by atoms with van der Waals surface area (Å²) in [5, 5.41) is 0. The Labute approximate surface area is 125 Å². The third-order valence-corrected chi connectivity index (χ3v) is 1.62. The Kier molecular flexibility index (Phi) is 5.40. The molecule has 0 fully saturated rings. The summed E-state index contributed by atoms with van der Waals surface area (Å²) in [6.07, 6.45) is -4.60. The Morgan fingerprint density at radius 1 is 0.867 bits per heavy atom. The molecule has 0 aliphatic carbocycles. The Hall–Kier alpha value is 0.501. The number of hydrogen-bond acceptors (Lipinski definition) is 0. The molecular formula is C7H4BF6K. The molecule has 0 N–H and O–H groups in total. The van der Waals surface area contributed by atoms with E-state index in [1.807, 2.05) is 0 Å². The molecule has 0 aromatic heterocycles. The van der Waals surface area contributed by atoms with Crippen molar-refractivity contribution in [3.8, 4) is 0 Å². The molecule has 0 unspecified atom stereocenters. The van der Waals surface area contributed by atoms with E-state index >= 15 is 0 Å². The van der Waals surface area contributed by atoms with E-state index in [-0.39, 0.29) is 51.4 Å². The molecule has 0 nitrogen and oxygen atoms in total. The van der Waals surface area contributed by atoms with E-state index in [1.165, 1.54) is 0 Å². The maximum absolute atomic E-state index is 12.0. The molecule has 0 atom stereocenters. The third kappa shape index (κ3) is 4.48. The van der Waals surface area contributed by atoms with Crippen LogP contribution in [0.15, 0.2) is 24.3 Å². The maximum atomic E-state index is 12.0. The molecule has 78 valence electrons. The van der Waals surface area contributed by atoms with Crippen molar-refractivity contribution in [2.24, 2.45) is 0 Å². The van der Waals surface area contributed by atoms with Crippen molar-refractivity contribution in [3.63, 3.8) is 0 Å². The molecule has 0 aliphatic rings. The van der Waals surface area contributed by atoms with Crippen molar-refractivity contribution in [1.82, 2.24) is 0 Å². The summed E-state index contributed by atoms with van der Waals surface area (Å²) in [7, 11) is 0. The molecule has 0 spiro atoms. The second-order valence-corrected chi connectivity index (χ2v) is 2.69. The first kappa shape index (κ1) is 15.5. The number of hydrogen-bond donors (Lipinski definition) is 0. The molecular weight excluding hydrogens is 248 g/mol. The maximum Gasteiger partial charge on any atom is 1.00 e. The van der Waals surface area contributed by atoms with Crippen molar-refractivity contribution < 1.29 is 77.5 Å². The molecule has 0 amide bonds. The fraction of sp³-hybridized carbons (Fsp3) is 0.143. The van der Waals surface area contributed by atoms with Gasteiger partial charge in [-0.25, -0.2) is 0 Å². The van der Waals surface area contributed by atoms with Gasteiger partial charge in [0.25, 0.3) is 0 Å². The number of rotatable bonds is 1. The van der Waals surface area contributed by atoms with Crippen LogP contribution in [0.3, 0.4) is 0 Å². The van der Waals surface area contributed by atoms with Crippen molar-refractivity contribution in [2.45, 2.75) is 6.18 Å². The molecule has 1 rings (SSSR count). The number of halogens is 6. The molecule has 0 bridgehead atoms. The Bertz CT molecular complexity index is 281. The van der Waals surface area contributed by atoms with Gasteiger partial charge >= 0.3 is 64.5 Å². The monoisotopic (exact) mass is 252 g/mol. The molecule has 0 aliphatic heterocycles. The summed E-state index contributed by atoms with van der Waals surface area (Å²) in [4.78, 5) is 0. The molecule has 8 heteroatoms.